The third-order valence-corrected chi connectivity index (χ3v) is 5.68. The van der Waals surface area contributed by atoms with Crippen LogP contribution in [0.4, 0.5) is 5.69 Å². The lowest BCUT2D eigenvalue weighted by atomic mass is 9.96. The van der Waals surface area contributed by atoms with E-state index in [9.17, 15) is 9.59 Å². The van der Waals surface area contributed by atoms with Crippen LogP contribution < -0.4 is 15.0 Å². The maximum atomic E-state index is 12.7. The molecule has 2 atom stereocenters. The summed E-state index contributed by atoms with van der Waals surface area (Å²) in [5.41, 5.74) is 3.25. The first-order valence-electron chi connectivity index (χ1n) is 10.0. The summed E-state index contributed by atoms with van der Waals surface area (Å²) in [4.78, 5) is 27.0. The Morgan fingerprint density at radius 3 is 2.79 bits per heavy atom. The number of anilines is 1. The largest absolute Gasteiger partial charge is 0.493 e. The number of hydrogen-bond acceptors (Lipinski definition) is 3. The molecule has 5 nitrogen and oxygen atoms in total. The Balaban J connectivity index is 1.34. The zero-order chi connectivity index (χ0) is 19.5. The highest BCUT2D eigenvalue weighted by atomic mass is 16.5. The van der Waals surface area contributed by atoms with Gasteiger partial charge in [0.05, 0.1) is 12.5 Å². The Hall–Kier alpha value is -2.82. The number of carbonyl (C=O) groups excluding carboxylic acids is 2. The molecule has 0 saturated carbocycles. The predicted molar refractivity (Wildman–Crippen MR) is 108 cm³/mol. The van der Waals surface area contributed by atoms with Crippen LogP contribution >= 0.6 is 0 Å². The first kappa shape index (κ1) is 18.5. The van der Waals surface area contributed by atoms with E-state index in [1.165, 1.54) is 5.56 Å². The van der Waals surface area contributed by atoms with Gasteiger partial charge in [0.1, 0.15) is 5.75 Å². The fourth-order valence-electron chi connectivity index (χ4n) is 4.10. The highest BCUT2D eigenvalue weighted by Gasteiger charge is 2.36. The van der Waals surface area contributed by atoms with Gasteiger partial charge in [-0.2, -0.15) is 0 Å². The molecular formula is C23H26N2O3. The number of fused-ring (bicyclic) bond motifs is 1. The average Bonchev–Trinajstić information content (AvgIpc) is 3.13. The number of amides is 2. The van der Waals surface area contributed by atoms with Gasteiger partial charge in [-0.1, -0.05) is 43.3 Å². The number of aryl methyl sites for hydroxylation is 1. The van der Waals surface area contributed by atoms with E-state index in [1.54, 1.807) is 4.90 Å². The van der Waals surface area contributed by atoms with Gasteiger partial charge in [0, 0.05) is 31.1 Å². The summed E-state index contributed by atoms with van der Waals surface area (Å²) in [6, 6.07) is 16.0. The molecule has 1 saturated heterocycles. The van der Waals surface area contributed by atoms with Gasteiger partial charge in [0.25, 0.3) is 0 Å². The van der Waals surface area contributed by atoms with Crippen molar-refractivity contribution in [1.29, 1.82) is 0 Å². The number of rotatable bonds is 5. The maximum absolute atomic E-state index is 12.7. The number of carbonyl (C=O) groups is 2. The average molecular weight is 378 g/mol. The molecule has 4 rings (SSSR count). The van der Waals surface area contributed by atoms with Gasteiger partial charge in [0.2, 0.25) is 11.8 Å². The summed E-state index contributed by atoms with van der Waals surface area (Å²) in [6.45, 7) is 3.71. The van der Waals surface area contributed by atoms with E-state index >= 15 is 0 Å². The van der Waals surface area contributed by atoms with Crippen molar-refractivity contribution in [2.75, 3.05) is 24.6 Å². The third-order valence-electron chi connectivity index (χ3n) is 5.68. The second-order valence-electron chi connectivity index (χ2n) is 7.62. The highest BCUT2D eigenvalue weighted by Crippen LogP contribution is 2.29. The SMILES string of the molecule is CCc1ccccc1N1CC(C(=O)NCC2COc3ccccc3C2)CC1=O. The lowest BCUT2D eigenvalue weighted by Crippen LogP contribution is -2.38. The number of nitrogens with zero attached hydrogens (tertiary/aromatic N) is 1. The van der Waals surface area contributed by atoms with Crippen molar-refractivity contribution in [1.82, 2.24) is 5.32 Å². The lowest BCUT2D eigenvalue weighted by molar-refractivity contribution is -0.126. The van der Waals surface area contributed by atoms with Gasteiger partial charge in [0.15, 0.2) is 0 Å². The fourth-order valence-corrected chi connectivity index (χ4v) is 4.10. The minimum Gasteiger partial charge on any atom is -0.493 e. The van der Waals surface area contributed by atoms with Crippen LogP contribution in [-0.2, 0) is 22.4 Å². The molecule has 2 unspecified atom stereocenters. The predicted octanol–water partition coefficient (Wildman–Crippen LogP) is 2.97. The zero-order valence-corrected chi connectivity index (χ0v) is 16.2. The van der Waals surface area contributed by atoms with Crippen LogP contribution in [0.5, 0.6) is 5.75 Å². The first-order chi connectivity index (χ1) is 13.7. The second kappa shape index (κ2) is 8.05. The van der Waals surface area contributed by atoms with Gasteiger partial charge in [-0.15, -0.1) is 0 Å². The lowest BCUT2D eigenvalue weighted by Gasteiger charge is -2.26. The molecule has 2 aromatic carbocycles. The van der Waals surface area contributed by atoms with Crippen molar-refractivity contribution in [3.8, 4) is 5.75 Å². The summed E-state index contributed by atoms with van der Waals surface area (Å²) in [7, 11) is 0. The Morgan fingerprint density at radius 1 is 1.14 bits per heavy atom. The number of para-hydroxylation sites is 2. The summed E-state index contributed by atoms with van der Waals surface area (Å²) >= 11 is 0. The van der Waals surface area contributed by atoms with Gasteiger partial charge in [-0.3, -0.25) is 9.59 Å². The van der Waals surface area contributed by atoms with Crippen molar-refractivity contribution >= 4 is 17.5 Å². The topological polar surface area (TPSA) is 58.6 Å². The molecule has 0 aromatic heterocycles. The van der Waals surface area contributed by atoms with Crippen LogP contribution in [0.3, 0.4) is 0 Å². The van der Waals surface area contributed by atoms with Crippen LogP contribution in [0.2, 0.25) is 0 Å². The minimum atomic E-state index is -0.297. The Kier molecular flexibility index (Phi) is 5.33. The molecule has 28 heavy (non-hydrogen) atoms. The molecule has 5 heteroatoms. The van der Waals surface area contributed by atoms with E-state index in [4.69, 9.17) is 4.74 Å². The molecule has 1 N–H and O–H groups in total. The molecule has 2 amide bonds. The van der Waals surface area contributed by atoms with E-state index in [-0.39, 0.29) is 30.1 Å². The van der Waals surface area contributed by atoms with Crippen molar-refractivity contribution < 1.29 is 14.3 Å². The van der Waals surface area contributed by atoms with Gasteiger partial charge in [-0.25, -0.2) is 0 Å². The van der Waals surface area contributed by atoms with E-state index in [1.807, 2.05) is 42.5 Å². The summed E-state index contributed by atoms with van der Waals surface area (Å²) in [6.07, 6.45) is 2.03. The first-order valence-corrected chi connectivity index (χ1v) is 10.0. The number of benzene rings is 2. The summed E-state index contributed by atoms with van der Waals surface area (Å²) < 4.78 is 5.80. The minimum absolute atomic E-state index is 0.0241. The molecule has 0 radical (unpaired) electrons. The second-order valence-corrected chi connectivity index (χ2v) is 7.62. The molecule has 2 aliphatic heterocycles. The standard InChI is InChI=1S/C23H26N2O3/c1-2-17-7-3-5-9-20(17)25-14-19(12-22(25)26)23(27)24-13-16-11-18-8-4-6-10-21(18)28-15-16/h3-10,16,19H,2,11-15H2,1H3,(H,24,27). The number of nitrogens with one attached hydrogen (secondary N) is 1. The number of hydrogen-bond donors (Lipinski definition) is 1. The molecule has 1 fully saturated rings. The van der Waals surface area contributed by atoms with Crippen LogP contribution in [0.15, 0.2) is 48.5 Å². The molecule has 2 aromatic rings. The summed E-state index contributed by atoms with van der Waals surface area (Å²) in [5, 5.41) is 3.05. The molecule has 0 bridgehead atoms. The van der Waals surface area contributed by atoms with Crippen molar-refractivity contribution in [3.63, 3.8) is 0 Å². The van der Waals surface area contributed by atoms with Gasteiger partial charge < -0.3 is 15.0 Å². The highest BCUT2D eigenvalue weighted by molar-refractivity contribution is 6.00. The smallest absolute Gasteiger partial charge is 0.227 e. The van der Waals surface area contributed by atoms with E-state index in [0.717, 1.165) is 29.8 Å². The maximum Gasteiger partial charge on any atom is 0.227 e. The normalized spacial score (nSPS) is 21.2. The Morgan fingerprint density at radius 2 is 1.93 bits per heavy atom. The molecule has 0 aliphatic carbocycles. The van der Waals surface area contributed by atoms with Gasteiger partial charge in [-0.05, 0) is 36.1 Å². The summed E-state index contributed by atoms with van der Waals surface area (Å²) in [5.74, 6) is 0.887. The van der Waals surface area contributed by atoms with Crippen molar-refractivity contribution in [2.45, 2.75) is 26.2 Å². The molecule has 2 aliphatic rings. The Bertz CT molecular complexity index is 880. The van der Waals surface area contributed by atoms with Crippen LogP contribution in [-0.4, -0.2) is 31.5 Å². The Labute approximate surface area is 165 Å². The fraction of sp³-hybridized carbons (Fsp3) is 0.391. The van der Waals surface area contributed by atoms with Crippen LogP contribution in [0.1, 0.15) is 24.5 Å². The molecule has 2 heterocycles. The third kappa shape index (κ3) is 3.75. The number of ether oxygens (including phenoxy) is 1. The van der Waals surface area contributed by atoms with Crippen molar-refractivity contribution in [3.05, 3.63) is 59.7 Å². The van der Waals surface area contributed by atoms with E-state index in [0.29, 0.717) is 19.7 Å². The molecular weight excluding hydrogens is 352 g/mol. The van der Waals surface area contributed by atoms with E-state index in [2.05, 4.69) is 18.3 Å². The zero-order valence-electron chi connectivity index (χ0n) is 16.2. The quantitative estimate of drug-likeness (QED) is 0.870. The van der Waals surface area contributed by atoms with Crippen LogP contribution in [0.25, 0.3) is 0 Å². The van der Waals surface area contributed by atoms with E-state index < -0.39 is 0 Å². The molecule has 146 valence electrons. The molecule has 0 spiro atoms. The van der Waals surface area contributed by atoms with Crippen molar-refractivity contribution in [2.24, 2.45) is 11.8 Å². The monoisotopic (exact) mass is 378 g/mol. The van der Waals surface area contributed by atoms with Crippen LogP contribution in [0, 0.1) is 11.8 Å². The van der Waals surface area contributed by atoms with Gasteiger partial charge >= 0.3 is 0 Å².